The van der Waals surface area contributed by atoms with Crippen LogP contribution < -0.4 is 11.1 Å². The average Bonchev–Trinajstić information content (AvgIpc) is 2.03. The van der Waals surface area contributed by atoms with Crippen molar-refractivity contribution in [1.29, 1.82) is 0 Å². The summed E-state index contributed by atoms with van der Waals surface area (Å²) in [6.45, 7) is -0.0645. The highest BCUT2D eigenvalue weighted by Crippen LogP contribution is 2.09. The third-order valence-electron chi connectivity index (χ3n) is 1.99. The summed E-state index contributed by atoms with van der Waals surface area (Å²) in [4.78, 5) is 10.8. The number of hydrogen-bond donors (Lipinski definition) is 3. The number of piperidine rings is 1. The Labute approximate surface area is 65.8 Å². The number of rotatable bonds is 2. The van der Waals surface area contributed by atoms with Gasteiger partial charge in [0.1, 0.15) is 0 Å². The van der Waals surface area contributed by atoms with Crippen molar-refractivity contribution < 1.29 is 9.90 Å². The molecule has 2 unspecified atom stereocenters. The van der Waals surface area contributed by atoms with E-state index in [2.05, 4.69) is 5.32 Å². The fourth-order valence-corrected chi connectivity index (χ4v) is 1.28. The van der Waals surface area contributed by atoms with Crippen molar-refractivity contribution in [2.75, 3.05) is 6.61 Å². The van der Waals surface area contributed by atoms with Gasteiger partial charge in [0, 0.05) is 18.5 Å². The predicted octanol–water partition coefficient (Wildman–Crippen LogP) is -1.03. The molecular formula is C7H14N2O2. The van der Waals surface area contributed by atoms with E-state index < -0.39 is 0 Å². The first kappa shape index (κ1) is 8.49. The van der Waals surface area contributed by atoms with E-state index in [1.807, 2.05) is 0 Å². The number of aliphatic hydroxyl groups is 1. The molecule has 4 heteroatoms. The van der Waals surface area contributed by atoms with Gasteiger partial charge in [0.15, 0.2) is 0 Å². The molecule has 0 aromatic carbocycles. The summed E-state index contributed by atoms with van der Waals surface area (Å²) in [5.74, 6) is 0.0464. The molecule has 11 heavy (non-hydrogen) atoms. The lowest BCUT2D eigenvalue weighted by molar-refractivity contribution is -0.123. The summed E-state index contributed by atoms with van der Waals surface area (Å²) in [7, 11) is 0. The van der Waals surface area contributed by atoms with Crippen LogP contribution in [0.5, 0.6) is 0 Å². The molecule has 1 fully saturated rings. The zero-order valence-corrected chi connectivity index (χ0v) is 6.42. The van der Waals surface area contributed by atoms with Crippen LogP contribution in [-0.4, -0.2) is 29.7 Å². The van der Waals surface area contributed by atoms with Crippen molar-refractivity contribution in [1.82, 2.24) is 5.32 Å². The Hall–Kier alpha value is -0.610. The maximum Gasteiger partial charge on any atom is 0.220 e. The Bertz CT molecular complexity index is 149. The van der Waals surface area contributed by atoms with Crippen LogP contribution in [0.4, 0.5) is 0 Å². The highest BCUT2D eigenvalue weighted by atomic mass is 16.3. The maximum atomic E-state index is 10.8. The van der Waals surface area contributed by atoms with Crippen molar-refractivity contribution in [2.24, 2.45) is 5.73 Å². The van der Waals surface area contributed by atoms with Crippen molar-refractivity contribution >= 4 is 5.91 Å². The van der Waals surface area contributed by atoms with E-state index in [4.69, 9.17) is 10.8 Å². The SMILES string of the molecule is NC(CO)C1CCCC(=O)N1. The summed E-state index contributed by atoms with van der Waals surface area (Å²) in [5, 5.41) is 11.4. The summed E-state index contributed by atoms with van der Waals surface area (Å²) >= 11 is 0. The Morgan fingerprint density at radius 2 is 2.55 bits per heavy atom. The number of amides is 1. The second-order valence-electron chi connectivity index (χ2n) is 2.91. The molecule has 1 aliphatic rings. The predicted molar refractivity (Wildman–Crippen MR) is 40.8 cm³/mol. The number of carbonyl (C=O) groups excluding carboxylic acids is 1. The lowest BCUT2D eigenvalue weighted by Crippen LogP contribution is -2.51. The summed E-state index contributed by atoms with van der Waals surface area (Å²) in [6.07, 6.45) is 2.35. The molecule has 1 amide bonds. The monoisotopic (exact) mass is 158 g/mol. The van der Waals surface area contributed by atoms with Gasteiger partial charge in [-0.15, -0.1) is 0 Å². The first-order chi connectivity index (χ1) is 5.24. The first-order valence-corrected chi connectivity index (χ1v) is 3.90. The molecule has 1 saturated heterocycles. The fraction of sp³-hybridized carbons (Fsp3) is 0.857. The molecule has 1 heterocycles. The Morgan fingerprint density at radius 1 is 1.82 bits per heavy atom. The van der Waals surface area contributed by atoms with E-state index in [0.29, 0.717) is 6.42 Å². The van der Waals surface area contributed by atoms with Crippen LogP contribution in [-0.2, 0) is 4.79 Å². The van der Waals surface area contributed by atoms with Crippen LogP contribution in [0, 0.1) is 0 Å². The molecule has 4 nitrogen and oxygen atoms in total. The average molecular weight is 158 g/mol. The van der Waals surface area contributed by atoms with E-state index in [1.165, 1.54) is 0 Å². The topological polar surface area (TPSA) is 75.3 Å². The molecule has 4 N–H and O–H groups in total. The zero-order chi connectivity index (χ0) is 8.27. The van der Waals surface area contributed by atoms with Crippen molar-refractivity contribution in [3.8, 4) is 0 Å². The lowest BCUT2D eigenvalue weighted by atomic mass is 9.99. The maximum absolute atomic E-state index is 10.8. The van der Waals surface area contributed by atoms with Crippen molar-refractivity contribution in [2.45, 2.75) is 31.3 Å². The lowest BCUT2D eigenvalue weighted by Gasteiger charge is -2.27. The molecule has 0 aromatic heterocycles. The summed E-state index contributed by atoms with van der Waals surface area (Å²) in [6, 6.07) is -0.333. The molecule has 1 aliphatic heterocycles. The van der Waals surface area contributed by atoms with Gasteiger partial charge in [0.05, 0.1) is 6.61 Å². The minimum atomic E-state index is -0.306. The highest BCUT2D eigenvalue weighted by Gasteiger charge is 2.22. The van der Waals surface area contributed by atoms with Gasteiger partial charge in [0.2, 0.25) is 5.91 Å². The van der Waals surface area contributed by atoms with Gasteiger partial charge >= 0.3 is 0 Å². The molecule has 2 atom stereocenters. The number of carbonyl (C=O) groups is 1. The largest absolute Gasteiger partial charge is 0.395 e. The standard InChI is InChI=1S/C7H14N2O2/c8-5(4-10)6-2-1-3-7(11)9-6/h5-6,10H,1-4,8H2,(H,9,11). The second kappa shape index (κ2) is 3.69. The zero-order valence-electron chi connectivity index (χ0n) is 6.42. The first-order valence-electron chi connectivity index (χ1n) is 3.90. The van der Waals surface area contributed by atoms with Gasteiger partial charge in [-0.25, -0.2) is 0 Å². The van der Waals surface area contributed by atoms with Gasteiger partial charge in [-0.3, -0.25) is 4.79 Å². The quantitative estimate of drug-likeness (QED) is 0.481. The normalized spacial score (nSPS) is 27.8. The molecular weight excluding hydrogens is 144 g/mol. The van der Waals surface area contributed by atoms with Gasteiger partial charge in [-0.05, 0) is 12.8 Å². The van der Waals surface area contributed by atoms with Crippen LogP contribution in [0.1, 0.15) is 19.3 Å². The minimum Gasteiger partial charge on any atom is -0.395 e. The Morgan fingerprint density at radius 3 is 3.09 bits per heavy atom. The molecule has 1 rings (SSSR count). The fourth-order valence-electron chi connectivity index (χ4n) is 1.28. The van der Waals surface area contributed by atoms with E-state index in [9.17, 15) is 4.79 Å². The Kier molecular flexibility index (Phi) is 2.84. The molecule has 0 spiro atoms. The number of nitrogens with one attached hydrogen (secondary N) is 1. The number of nitrogens with two attached hydrogens (primary N) is 1. The van der Waals surface area contributed by atoms with Crippen LogP contribution >= 0.6 is 0 Å². The molecule has 0 bridgehead atoms. The van der Waals surface area contributed by atoms with Crippen LogP contribution in [0.3, 0.4) is 0 Å². The number of hydrogen-bond acceptors (Lipinski definition) is 3. The third-order valence-corrected chi connectivity index (χ3v) is 1.99. The summed E-state index contributed by atoms with van der Waals surface area (Å²) < 4.78 is 0. The Balaban J connectivity index is 2.39. The van der Waals surface area contributed by atoms with Crippen molar-refractivity contribution in [3.05, 3.63) is 0 Å². The smallest absolute Gasteiger partial charge is 0.220 e. The molecule has 0 saturated carbocycles. The van der Waals surface area contributed by atoms with E-state index in [1.54, 1.807) is 0 Å². The van der Waals surface area contributed by atoms with E-state index >= 15 is 0 Å². The molecule has 0 aromatic rings. The van der Waals surface area contributed by atoms with Gasteiger partial charge in [0.25, 0.3) is 0 Å². The minimum absolute atomic E-state index is 0.0266. The van der Waals surface area contributed by atoms with Gasteiger partial charge in [-0.2, -0.15) is 0 Å². The van der Waals surface area contributed by atoms with Crippen LogP contribution in [0.15, 0.2) is 0 Å². The molecule has 0 radical (unpaired) electrons. The van der Waals surface area contributed by atoms with Gasteiger partial charge < -0.3 is 16.2 Å². The van der Waals surface area contributed by atoms with Crippen LogP contribution in [0.25, 0.3) is 0 Å². The van der Waals surface area contributed by atoms with E-state index in [-0.39, 0.29) is 24.6 Å². The number of aliphatic hydroxyl groups excluding tert-OH is 1. The highest BCUT2D eigenvalue weighted by molar-refractivity contribution is 5.77. The van der Waals surface area contributed by atoms with E-state index in [0.717, 1.165) is 12.8 Å². The van der Waals surface area contributed by atoms with Crippen molar-refractivity contribution in [3.63, 3.8) is 0 Å². The molecule has 0 aliphatic carbocycles. The summed E-state index contributed by atoms with van der Waals surface area (Å²) in [5.41, 5.74) is 5.55. The van der Waals surface area contributed by atoms with Gasteiger partial charge in [-0.1, -0.05) is 0 Å². The second-order valence-corrected chi connectivity index (χ2v) is 2.91. The third kappa shape index (κ3) is 2.17. The van der Waals surface area contributed by atoms with Crippen LogP contribution in [0.2, 0.25) is 0 Å². The molecule has 64 valence electrons.